The van der Waals surface area contributed by atoms with Gasteiger partial charge in [-0.15, -0.1) is 11.3 Å². The molecule has 0 N–H and O–H groups in total. The molecule has 1 aliphatic rings. The minimum atomic E-state index is -0.684. The van der Waals surface area contributed by atoms with Crippen molar-refractivity contribution in [2.45, 2.75) is 19.9 Å². The van der Waals surface area contributed by atoms with Crippen LogP contribution in [0.4, 0.5) is 10.1 Å². The monoisotopic (exact) mass is 368 g/mol. The van der Waals surface area contributed by atoms with Gasteiger partial charge in [-0.2, -0.15) is 0 Å². The van der Waals surface area contributed by atoms with Gasteiger partial charge < -0.3 is 0 Å². The maximum atomic E-state index is 13.4. The van der Waals surface area contributed by atoms with Crippen molar-refractivity contribution in [3.63, 3.8) is 0 Å². The summed E-state index contributed by atoms with van der Waals surface area (Å²) in [6.45, 7) is 2.21. The molecule has 4 nitrogen and oxygen atoms in total. The summed E-state index contributed by atoms with van der Waals surface area (Å²) in [5.74, 6) is -1.89. The van der Waals surface area contributed by atoms with Crippen LogP contribution >= 0.6 is 27.3 Å². The van der Waals surface area contributed by atoms with E-state index in [0.717, 1.165) is 23.2 Å². The molecule has 0 spiro atoms. The maximum absolute atomic E-state index is 13.4. The van der Waals surface area contributed by atoms with Crippen LogP contribution in [0.2, 0.25) is 0 Å². The average Bonchev–Trinajstić information content (AvgIpc) is 2.98. The predicted molar refractivity (Wildman–Crippen MR) is 81.1 cm³/mol. The molecule has 1 amide bonds. The van der Waals surface area contributed by atoms with Crippen molar-refractivity contribution in [3.8, 4) is 0 Å². The number of thiazole rings is 1. The van der Waals surface area contributed by atoms with Crippen molar-refractivity contribution in [1.82, 2.24) is 4.98 Å². The number of ketones is 1. The number of Topliss-reactive ketones (excluding diaryl/α,β-unsaturated/α-hetero) is 1. The number of benzene rings is 1. The van der Waals surface area contributed by atoms with Gasteiger partial charge in [0.1, 0.15) is 5.82 Å². The van der Waals surface area contributed by atoms with E-state index in [1.54, 1.807) is 0 Å². The van der Waals surface area contributed by atoms with Crippen LogP contribution in [0.3, 0.4) is 0 Å². The highest BCUT2D eigenvalue weighted by Crippen LogP contribution is 2.37. The highest BCUT2D eigenvalue weighted by atomic mass is 79.9. The maximum Gasteiger partial charge on any atom is 0.299 e. The molecule has 0 radical (unpaired) electrons. The lowest BCUT2D eigenvalue weighted by Gasteiger charge is -2.16. The number of hydrogen-bond donors (Lipinski definition) is 0. The first-order valence-corrected chi connectivity index (χ1v) is 7.97. The lowest BCUT2D eigenvalue weighted by atomic mass is 10.1. The van der Waals surface area contributed by atoms with Gasteiger partial charge in [0.15, 0.2) is 0 Å². The van der Waals surface area contributed by atoms with Crippen LogP contribution in [-0.4, -0.2) is 16.7 Å². The molecule has 0 bridgehead atoms. The standard InChI is InChI=1S/C14H10BrFN2O2S/c1-2-11-17-8(6-21-11)5-18-12-9(13(19)14(18)20)3-7(16)4-10(12)15/h3-4,6H,2,5H2,1H3. The van der Waals surface area contributed by atoms with Crippen LogP contribution < -0.4 is 4.90 Å². The number of anilines is 1. The van der Waals surface area contributed by atoms with E-state index < -0.39 is 17.5 Å². The molecule has 1 aliphatic heterocycles. The SMILES string of the molecule is CCc1nc(CN2C(=O)C(=O)c3cc(F)cc(Br)c32)cs1. The molecule has 1 aromatic carbocycles. The summed E-state index contributed by atoms with van der Waals surface area (Å²) in [6, 6.07) is 2.34. The molecule has 2 aromatic rings. The number of carbonyl (C=O) groups excluding carboxylic acids is 2. The smallest absolute Gasteiger partial charge is 0.298 e. The number of hydrogen-bond acceptors (Lipinski definition) is 4. The molecule has 0 fully saturated rings. The van der Waals surface area contributed by atoms with Crippen molar-refractivity contribution in [3.05, 3.63) is 44.1 Å². The number of aromatic nitrogens is 1. The molecule has 0 saturated heterocycles. The highest BCUT2D eigenvalue weighted by molar-refractivity contribution is 9.10. The fourth-order valence-corrected chi connectivity index (χ4v) is 3.63. The van der Waals surface area contributed by atoms with Crippen molar-refractivity contribution < 1.29 is 14.0 Å². The van der Waals surface area contributed by atoms with Crippen LogP contribution in [0.25, 0.3) is 0 Å². The Morgan fingerprint density at radius 2 is 2.14 bits per heavy atom. The Kier molecular flexibility index (Phi) is 3.62. The fraction of sp³-hybridized carbons (Fsp3) is 0.214. The molecule has 21 heavy (non-hydrogen) atoms. The molecule has 0 atom stereocenters. The molecule has 108 valence electrons. The molecule has 2 heterocycles. The van der Waals surface area contributed by atoms with Crippen molar-refractivity contribution in [2.24, 2.45) is 0 Å². The first-order valence-electron chi connectivity index (χ1n) is 6.29. The molecular formula is C14H10BrFN2O2S. The molecule has 3 rings (SSSR count). The third-order valence-corrected chi connectivity index (χ3v) is 4.85. The van der Waals surface area contributed by atoms with Crippen LogP contribution in [0.15, 0.2) is 22.0 Å². The zero-order valence-electron chi connectivity index (χ0n) is 11.0. The van der Waals surface area contributed by atoms with Gasteiger partial charge in [-0.05, 0) is 34.5 Å². The van der Waals surface area contributed by atoms with E-state index in [9.17, 15) is 14.0 Å². The summed E-state index contributed by atoms with van der Waals surface area (Å²) >= 11 is 4.74. The van der Waals surface area contributed by atoms with E-state index in [0.29, 0.717) is 10.2 Å². The minimum Gasteiger partial charge on any atom is -0.298 e. The molecular weight excluding hydrogens is 359 g/mol. The van der Waals surface area contributed by atoms with Crippen LogP contribution in [-0.2, 0) is 17.8 Å². The van der Waals surface area contributed by atoms with Gasteiger partial charge >= 0.3 is 0 Å². The average molecular weight is 369 g/mol. The largest absolute Gasteiger partial charge is 0.299 e. The first kappa shape index (κ1) is 14.3. The summed E-state index contributed by atoms with van der Waals surface area (Å²) in [5.41, 5.74) is 1.23. The number of carbonyl (C=O) groups is 2. The topological polar surface area (TPSA) is 50.3 Å². The molecule has 7 heteroatoms. The Labute approximate surface area is 132 Å². The lowest BCUT2D eigenvalue weighted by molar-refractivity contribution is -0.114. The summed E-state index contributed by atoms with van der Waals surface area (Å²) in [6.07, 6.45) is 0.822. The minimum absolute atomic E-state index is 0.0952. The third kappa shape index (κ3) is 2.40. The first-order chi connectivity index (χ1) is 10.0. The second-order valence-corrected chi connectivity index (χ2v) is 6.39. The van der Waals surface area contributed by atoms with Gasteiger partial charge in [0, 0.05) is 9.85 Å². The van der Waals surface area contributed by atoms with E-state index in [-0.39, 0.29) is 12.1 Å². The number of aryl methyl sites for hydroxylation is 1. The summed E-state index contributed by atoms with van der Waals surface area (Å²) < 4.78 is 13.8. The van der Waals surface area contributed by atoms with Gasteiger partial charge in [0.25, 0.3) is 11.7 Å². The number of halogens is 2. The Hall–Kier alpha value is -1.60. The predicted octanol–water partition coefficient (Wildman–Crippen LogP) is 3.34. The number of rotatable bonds is 3. The zero-order chi connectivity index (χ0) is 15.1. The highest BCUT2D eigenvalue weighted by Gasteiger charge is 2.38. The number of fused-ring (bicyclic) bond motifs is 1. The van der Waals surface area contributed by atoms with Crippen molar-refractivity contribution in [2.75, 3.05) is 4.90 Å². The summed E-state index contributed by atoms with van der Waals surface area (Å²) in [7, 11) is 0. The quantitative estimate of drug-likeness (QED) is 0.780. The summed E-state index contributed by atoms with van der Waals surface area (Å²) in [4.78, 5) is 29.8. The molecule has 0 unspecified atom stereocenters. The van der Waals surface area contributed by atoms with Gasteiger partial charge in [-0.1, -0.05) is 6.92 Å². The zero-order valence-corrected chi connectivity index (χ0v) is 13.4. The molecule has 1 aromatic heterocycles. The Balaban J connectivity index is 2.01. The van der Waals surface area contributed by atoms with E-state index in [4.69, 9.17) is 0 Å². The van der Waals surface area contributed by atoms with Crippen LogP contribution in [0, 0.1) is 5.82 Å². The molecule has 0 saturated carbocycles. The lowest BCUT2D eigenvalue weighted by Crippen LogP contribution is -2.29. The third-order valence-electron chi connectivity index (χ3n) is 3.20. The van der Waals surface area contributed by atoms with E-state index >= 15 is 0 Å². The van der Waals surface area contributed by atoms with Gasteiger partial charge in [-0.25, -0.2) is 9.37 Å². The van der Waals surface area contributed by atoms with E-state index in [2.05, 4.69) is 20.9 Å². The van der Waals surface area contributed by atoms with Gasteiger partial charge in [0.05, 0.1) is 28.5 Å². The summed E-state index contributed by atoms with van der Waals surface area (Å²) in [5, 5.41) is 2.84. The van der Waals surface area contributed by atoms with Crippen LogP contribution in [0.1, 0.15) is 28.0 Å². The number of nitrogens with zero attached hydrogens (tertiary/aromatic N) is 2. The van der Waals surface area contributed by atoms with E-state index in [1.165, 1.54) is 22.3 Å². The van der Waals surface area contributed by atoms with Crippen molar-refractivity contribution >= 4 is 44.6 Å². The normalized spacial score (nSPS) is 14.0. The second-order valence-electron chi connectivity index (χ2n) is 4.59. The van der Waals surface area contributed by atoms with Crippen molar-refractivity contribution in [1.29, 1.82) is 0 Å². The van der Waals surface area contributed by atoms with E-state index in [1.807, 2.05) is 12.3 Å². The van der Waals surface area contributed by atoms with Gasteiger partial charge in [0.2, 0.25) is 0 Å². The Bertz CT molecular complexity index is 759. The Morgan fingerprint density at radius 1 is 1.38 bits per heavy atom. The number of amides is 1. The Morgan fingerprint density at radius 3 is 2.81 bits per heavy atom. The van der Waals surface area contributed by atoms with Crippen LogP contribution in [0.5, 0.6) is 0 Å². The second kappa shape index (κ2) is 5.31. The molecule has 0 aliphatic carbocycles. The van der Waals surface area contributed by atoms with Gasteiger partial charge in [-0.3, -0.25) is 14.5 Å². The fourth-order valence-electron chi connectivity index (χ4n) is 2.25.